The summed E-state index contributed by atoms with van der Waals surface area (Å²) in [6.07, 6.45) is 0.220. The van der Waals surface area contributed by atoms with Gasteiger partial charge in [-0.15, -0.1) is 0 Å². The van der Waals surface area contributed by atoms with Crippen molar-refractivity contribution in [2.45, 2.75) is 32.1 Å². The molecule has 1 heterocycles. The van der Waals surface area contributed by atoms with Gasteiger partial charge in [0.05, 0.1) is 5.92 Å². The molecule has 1 unspecified atom stereocenters. The van der Waals surface area contributed by atoms with Gasteiger partial charge in [0.15, 0.2) is 5.76 Å². The molecule has 1 rings (SSSR count). The molecule has 0 spiro atoms. The third-order valence-corrected chi connectivity index (χ3v) is 4.23. The van der Waals surface area contributed by atoms with E-state index in [0.717, 1.165) is 0 Å². The number of aryl methyl sites for hydroxylation is 2. The van der Waals surface area contributed by atoms with Crippen molar-refractivity contribution in [3.8, 4) is 0 Å². The summed E-state index contributed by atoms with van der Waals surface area (Å²) < 4.78 is 31.0. The zero-order valence-corrected chi connectivity index (χ0v) is 11.2. The average molecular weight is 276 g/mol. The van der Waals surface area contributed by atoms with E-state index in [4.69, 9.17) is 9.63 Å². The van der Waals surface area contributed by atoms with Crippen molar-refractivity contribution in [1.82, 2.24) is 9.88 Å². The predicted octanol–water partition coefficient (Wildman–Crippen LogP) is 0.681. The van der Waals surface area contributed by atoms with Gasteiger partial charge in [-0.3, -0.25) is 4.79 Å². The van der Waals surface area contributed by atoms with Crippen LogP contribution in [0.3, 0.4) is 0 Å². The lowest BCUT2D eigenvalue weighted by Crippen LogP contribution is -2.27. The molecule has 0 aliphatic carbocycles. The van der Waals surface area contributed by atoms with E-state index in [9.17, 15) is 13.2 Å². The maximum atomic E-state index is 11.9. The lowest BCUT2D eigenvalue weighted by molar-refractivity contribution is -0.141. The zero-order valence-electron chi connectivity index (χ0n) is 10.4. The summed E-state index contributed by atoms with van der Waals surface area (Å²) >= 11 is 0. The standard InChI is InChI=1S/C10H16N2O5S/c1-6(10(13)14)4-5-11-18(15,16)9-7(2)12-17-8(9)3/h6,11H,4-5H2,1-3H3,(H,13,14). The highest BCUT2D eigenvalue weighted by molar-refractivity contribution is 7.89. The van der Waals surface area contributed by atoms with Gasteiger partial charge >= 0.3 is 5.97 Å². The normalized spacial score (nSPS) is 13.5. The van der Waals surface area contributed by atoms with Gasteiger partial charge in [0.2, 0.25) is 10.0 Å². The monoisotopic (exact) mass is 276 g/mol. The van der Waals surface area contributed by atoms with Crippen LogP contribution < -0.4 is 4.72 Å². The average Bonchev–Trinajstić information content (AvgIpc) is 2.58. The number of aromatic nitrogens is 1. The van der Waals surface area contributed by atoms with Gasteiger partial charge in [-0.05, 0) is 20.3 Å². The Kier molecular flexibility index (Phi) is 4.47. The smallest absolute Gasteiger partial charge is 0.306 e. The van der Waals surface area contributed by atoms with Crippen molar-refractivity contribution in [3.63, 3.8) is 0 Å². The van der Waals surface area contributed by atoms with E-state index in [2.05, 4.69) is 9.88 Å². The fraction of sp³-hybridized carbons (Fsp3) is 0.600. The number of carboxylic acids is 1. The van der Waals surface area contributed by atoms with Crippen LogP contribution in [0.2, 0.25) is 0 Å². The highest BCUT2D eigenvalue weighted by Crippen LogP contribution is 2.18. The molecule has 1 aromatic heterocycles. The van der Waals surface area contributed by atoms with E-state index in [-0.39, 0.29) is 29.3 Å². The van der Waals surface area contributed by atoms with Crippen LogP contribution >= 0.6 is 0 Å². The highest BCUT2D eigenvalue weighted by atomic mass is 32.2. The van der Waals surface area contributed by atoms with E-state index < -0.39 is 21.9 Å². The summed E-state index contributed by atoms with van der Waals surface area (Å²) in [5.41, 5.74) is 0.284. The summed E-state index contributed by atoms with van der Waals surface area (Å²) in [4.78, 5) is 10.6. The Bertz CT molecular complexity index is 515. The van der Waals surface area contributed by atoms with Crippen LogP contribution in [0, 0.1) is 19.8 Å². The first kappa shape index (κ1) is 14.7. The molecule has 0 aromatic carbocycles. The number of hydrogen-bond donors (Lipinski definition) is 2. The Balaban J connectivity index is 2.70. The molecule has 1 atom stereocenters. The lowest BCUT2D eigenvalue weighted by Gasteiger charge is -2.08. The van der Waals surface area contributed by atoms with Crippen molar-refractivity contribution in [1.29, 1.82) is 0 Å². The summed E-state index contributed by atoms with van der Waals surface area (Å²) in [7, 11) is -3.70. The van der Waals surface area contributed by atoms with Crippen LogP contribution in [-0.2, 0) is 14.8 Å². The molecule has 0 saturated carbocycles. The van der Waals surface area contributed by atoms with Crippen molar-refractivity contribution in [2.75, 3.05) is 6.54 Å². The van der Waals surface area contributed by atoms with Crippen molar-refractivity contribution >= 4 is 16.0 Å². The topological polar surface area (TPSA) is 110 Å². The van der Waals surface area contributed by atoms with Gasteiger partial charge in [-0.25, -0.2) is 13.1 Å². The molecule has 0 bridgehead atoms. The van der Waals surface area contributed by atoms with E-state index in [1.54, 1.807) is 0 Å². The Hall–Kier alpha value is -1.41. The molecular formula is C10H16N2O5S. The van der Waals surface area contributed by atoms with Crippen LogP contribution in [0.25, 0.3) is 0 Å². The molecule has 0 amide bonds. The maximum absolute atomic E-state index is 11.9. The molecule has 102 valence electrons. The molecule has 2 N–H and O–H groups in total. The number of nitrogens with one attached hydrogen (secondary N) is 1. The molecule has 0 aliphatic rings. The molecule has 8 heteroatoms. The fourth-order valence-corrected chi connectivity index (χ4v) is 2.84. The number of aliphatic carboxylic acids is 1. The summed E-state index contributed by atoms with van der Waals surface area (Å²) in [6.45, 7) is 4.62. The van der Waals surface area contributed by atoms with E-state index in [0.29, 0.717) is 0 Å². The molecule has 0 saturated heterocycles. The SMILES string of the molecule is Cc1noc(C)c1S(=O)(=O)NCCC(C)C(=O)O. The quantitative estimate of drug-likeness (QED) is 0.790. The Labute approximate surface area is 105 Å². The Morgan fingerprint density at radius 1 is 1.50 bits per heavy atom. The van der Waals surface area contributed by atoms with Crippen molar-refractivity contribution in [2.24, 2.45) is 5.92 Å². The number of hydrogen-bond acceptors (Lipinski definition) is 5. The van der Waals surface area contributed by atoms with Gasteiger partial charge in [0, 0.05) is 6.54 Å². The van der Waals surface area contributed by atoms with Crippen LogP contribution in [-0.4, -0.2) is 31.2 Å². The van der Waals surface area contributed by atoms with Gasteiger partial charge < -0.3 is 9.63 Å². The molecule has 0 aliphatic heterocycles. The number of rotatable bonds is 6. The van der Waals surface area contributed by atoms with E-state index >= 15 is 0 Å². The highest BCUT2D eigenvalue weighted by Gasteiger charge is 2.24. The predicted molar refractivity (Wildman–Crippen MR) is 62.6 cm³/mol. The molecule has 7 nitrogen and oxygen atoms in total. The number of carbonyl (C=O) groups is 1. The second-order valence-corrected chi connectivity index (χ2v) is 5.78. The van der Waals surface area contributed by atoms with Gasteiger partial charge in [0.1, 0.15) is 10.6 Å². The van der Waals surface area contributed by atoms with Crippen molar-refractivity contribution < 1.29 is 22.8 Å². The Morgan fingerprint density at radius 3 is 2.56 bits per heavy atom. The fourth-order valence-electron chi connectivity index (χ4n) is 1.46. The number of sulfonamides is 1. The maximum Gasteiger partial charge on any atom is 0.306 e. The largest absolute Gasteiger partial charge is 0.481 e. The molecule has 1 aromatic rings. The van der Waals surface area contributed by atoms with Crippen LogP contribution in [0.1, 0.15) is 24.8 Å². The molecule has 0 radical (unpaired) electrons. The van der Waals surface area contributed by atoms with E-state index in [1.807, 2.05) is 0 Å². The first-order chi connectivity index (χ1) is 8.25. The van der Waals surface area contributed by atoms with Gasteiger partial charge in [0.25, 0.3) is 0 Å². The molecule has 0 fully saturated rings. The molecular weight excluding hydrogens is 260 g/mol. The molecule has 18 heavy (non-hydrogen) atoms. The minimum Gasteiger partial charge on any atom is -0.481 e. The minimum atomic E-state index is -3.70. The first-order valence-electron chi connectivity index (χ1n) is 5.41. The summed E-state index contributed by atoms with van der Waals surface area (Å²) in [5, 5.41) is 12.2. The van der Waals surface area contributed by atoms with Crippen LogP contribution in [0.15, 0.2) is 9.42 Å². The first-order valence-corrected chi connectivity index (χ1v) is 6.89. The van der Waals surface area contributed by atoms with Gasteiger partial charge in [-0.2, -0.15) is 0 Å². The van der Waals surface area contributed by atoms with Crippen molar-refractivity contribution in [3.05, 3.63) is 11.5 Å². The summed E-state index contributed by atoms with van der Waals surface area (Å²) in [5.74, 6) is -1.34. The van der Waals surface area contributed by atoms with Crippen LogP contribution in [0.4, 0.5) is 0 Å². The minimum absolute atomic E-state index is 0.0190. The number of carboxylic acid groups (broad SMARTS) is 1. The third-order valence-electron chi connectivity index (χ3n) is 2.53. The second kappa shape index (κ2) is 5.49. The second-order valence-electron chi connectivity index (χ2n) is 4.08. The lowest BCUT2D eigenvalue weighted by atomic mass is 10.1. The van der Waals surface area contributed by atoms with Gasteiger partial charge in [-0.1, -0.05) is 12.1 Å². The summed E-state index contributed by atoms with van der Waals surface area (Å²) in [6, 6.07) is 0. The van der Waals surface area contributed by atoms with E-state index in [1.165, 1.54) is 20.8 Å². The van der Waals surface area contributed by atoms with Crippen LogP contribution in [0.5, 0.6) is 0 Å². The third kappa shape index (κ3) is 3.30. The Morgan fingerprint density at radius 2 is 2.11 bits per heavy atom. The number of nitrogens with zero attached hydrogens (tertiary/aromatic N) is 1. The zero-order chi connectivity index (χ0) is 13.9.